The number of rotatable bonds is 4. The maximum Gasteiger partial charge on any atom is 0.354 e. The van der Waals surface area contributed by atoms with Crippen LogP contribution < -0.4 is 17.2 Å². The topological polar surface area (TPSA) is 82.9 Å². The van der Waals surface area contributed by atoms with E-state index in [1.807, 2.05) is 6.92 Å². The van der Waals surface area contributed by atoms with Crippen LogP contribution in [0.25, 0.3) is 0 Å². The Kier molecular flexibility index (Phi) is 3.66. The van der Waals surface area contributed by atoms with Crippen LogP contribution in [-0.4, -0.2) is 24.3 Å². The molecular formula is C9H12Cl2N4O2S. The summed E-state index contributed by atoms with van der Waals surface area (Å²) in [6.45, 7) is 2.02. The highest BCUT2D eigenvalue weighted by molar-refractivity contribution is 7.99. The van der Waals surface area contributed by atoms with Gasteiger partial charge < -0.3 is 5.84 Å². The lowest BCUT2D eigenvalue weighted by atomic mass is 10.4. The first-order valence-corrected chi connectivity index (χ1v) is 7.10. The summed E-state index contributed by atoms with van der Waals surface area (Å²) >= 11 is 13.0. The standard InChI is InChI=1S/C9H12Cl2N4O2S/c1-2-18-7-13-6(16)14(8(17)15(7)12)4-5-3-9(5,10)11/h5H,2-4,12H2,1H3. The second-order valence-corrected chi connectivity index (χ2v) is 6.81. The smallest absolute Gasteiger partial charge is 0.333 e. The molecule has 2 rings (SSSR count). The van der Waals surface area contributed by atoms with Crippen molar-refractivity contribution in [3.05, 3.63) is 21.0 Å². The fourth-order valence-corrected chi connectivity index (χ4v) is 2.69. The first-order valence-electron chi connectivity index (χ1n) is 5.36. The predicted molar refractivity (Wildman–Crippen MR) is 71.8 cm³/mol. The minimum absolute atomic E-state index is 0.113. The summed E-state index contributed by atoms with van der Waals surface area (Å²) in [5, 5.41) is 0.211. The number of nitrogens with two attached hydrogens (primary N) is 1. The Morgan fingerprint density at radius 1 is 1.56 bits per heavy atom. The van der Waals surface area contributed by atoms with E-state index in [9.17, 15) is 9.59 Å². The first kappa shape index (κ1) is 13.8. The molecule has 1 aromatic heterocycles. The molecule has 0 saturated heterocycles. The molecule has 9 heteroatoms. The van der Waals surface area contributed by atoms with E-state index in [-0.39, 0.29) is 17.6 Å². The highest BCUT2D eigenvalue weighted by atomic mass is 35.5. The molecule has 0 spiro atoms. The zero-order chi connectivity index (χ0) is 13.5. The van der Waals surface area contributed by atoms with Crippen LogP contribution in [0.5, 0.6) is 0 Å². The highest BCUT2D eigenvalue weighted by Gasteiger charge is 2.52. The Bertz CT molecular complexity index is 583. The summed E-state index contributed by atoms with van der Waals surface area (Å²) in [5.41, 5.74) is -1.21. The number of nitrogens with zero attached hydrogens (tertiary/aromatic N) is 3. The molecule has 1 aliphatic carbocycles. The molecule has 0 amide bonds. The van der Waals surface area contributed by atoms with Gasteiger partial charge in [-0.1, -0.05) is 18.7 Å². The summed E-state index contributed by atoms with van der Waals surface area (Å²) in [5.74, 6) is 6.15. The van der Waals surface area contributed by atoms with Crippen LogP contribution in [0, 0.1) is 5.92 Å². The number of thioether (sulfide) groups is 1. The van der Waals surface area contributed by atoms with Crippen LogP contribution in [0.3, 0.4) is 0 Å². The Hall–Kier alpha value is -0.660. The normalized spacial score (nSPS) is 20.9. The summed E-state index contributed by atoms with van der Waals surface area (Å²) in [6, 6.07) is 0. The number of hydrogen-bond donors (Lipinski definition) is 1. The van der Waals surface area contributed by atoms with Crippen LogP contribution in [0.15, 0.2) is 14.7 Å². The minimum Gasteiger partial charge on any atom is -0.333 e. The minimum atomic E-state index is -0.845. The van der Waals surface area contributed by atoms with Crippen LogP contribution in [-0.2, 0) is 6.54 Å². The molecule has 100 valence electrons. The number of halogens is 2. The van der Waals surface area contributed by atoms with E-state index in [0.29, 0.717) is 12.2 Å². The lowest BCUT2D eigenvalue weighted by molar-refractivity contribution is 0.508. The van der Waals surface area contributed by atoms with Crippen LogP contribution in [0.2, 0.25) is 0 Å². The Morgan fingerprint density at radius 2 is 2.17 bits per heavy atom. The number of nitrogen functional groups attached to an aromatic ring is 1. The van der Waals surface area contributed by atoms with Gasteiger partial charge in [-0.3, -0.25) is 0 Å². The fraction of sp³-hybridized carbons (Fsp3) is 0.667. The number of aromatic nitrogens is 3. The summed E-state index contributed by atoms with van der Waals surface area (Å²) in [6.07, 6.45) is 0.554. The van der Waals surface area contributed by atoms with E-state index >= 15 is 0 Å². The van der Waals surface area contributed by atoms with Gasteiger partial charge in [0.05, 0.1) is 0 Å². The van der Waals surface area contributed by atoms with Crippen molar-refractivity contribution >= 4 is 35.0 Å². The fourth-order valence-electron chi connectivity index (χ4n) is 1.56. The number of hydrogen-bond acceptors (Lipinski definition) is 5. The van der Waals surface area contributed by atoms with Crippen molar-refractivity contribution in [3.8, 4) is 0 Å². The molecule has 18 heavy (non-hydrogen) atoms. The van der Waals surface area contributed by atoms with Gasteiger partial charge in [-0.05, 0) is 12.2 Å². The van der Waals surface area contributed by atoms with E-state index in [4.69, 9.17) is 29.0 Å². The van der Waals surface area contributed by atoms with Gasteiger partial charge in [0.15, 0.2) is 5.16 Å². The van der Waals surface area contributed by atoms with Gasteiger partial charge in [-0.2, -0.15) is 9.66 Å². The third kappa shape index (κ3) is 2.53. The van der Waals surface area contributed by atoms with Crippen molar-refractivity contribution in [2.75, 3.05) is 11.6 Å². The van der Waals surface area contributed by atoms with Gasteiger partial charge in [-0.25, -0.2) is 14.2 Å². The largest absolute Gasteiger partial charge is 0.354 e. The summed E-state index contributed by atoms with van der Waals surface area (Å²) < 4.78 is 1.00. The average molecular weight is 311 g/mol. The third-order valence-corrected chi connectivity index (χ3v) is 4.46. The van der Waals surface area contributed by atoms with Gasteiger partial charge >= 0.3 is 11.4 Å². The second kappa shape index (κ2) is 4.79. The molecule has 6 nitrogen and oxygen atoms in total. The van der Waals surface area contributed by atoms with E-state index in [2.05, 4.69) is 4.98 Å². The molecule has 1 fully saturated rings. The van der Waals surface area contributed by atoms with Crippen LogP contribution >= 0.6 is 35.0 Å². The van der Waals surface area contributed by atoms with Crippen molar-refractivity contribution in [1.82, 2.24) is 14.2 Å². The van der Waals surface area contributed by atoms with E-state index in [1.54, 1.807) is 0 Å². The third-order valence-electron chi connectivity index (χ3n) is 2.70. The van der Waals surface area contributed by atoms with E-state index in [1.165, 1.54) is 11.8 Å². The maximum absolute atomic E-state index is 11.9. The Labute approximate surface area is 117 Å². The zero-order valence-electron chi connectivity index (χ0n) is 9.60. The lowest BCUT2D eigenvalue weighted by Crippen LogP contribution is -2.45. The quantitative estimate of drug-likeness (QED) is 0.495. The molecule has 0 bridgehead atoms. The van der Waals surface area contributed by atoms with E-state index < -0.39 is 15.7 Å². The van der Waals surface area contributed by atoms with Crippen molar-refractivity contribution in [2.45, 2.75) is 29.4 Å². The maximum atomic E-state index is 11.9. The predicted octanol–water partition coefficient (Wildman–Crippen LogP) is 0.425. The molecule has 0 aliphatic heterocycles. The first-order chi connectivity index (χ1) is 8.36. The second-order valence-electron chi connectivity index (χ2n) is 4.04. The van der Waals surface area contributed by atoms with Crippen molar-refractivity contribution < 1.29 is 0 Å². The molecule has 1 atom stereocenters. The van der Waals surface area contributed by atoms with Gasteiger partial charge in [0.2, 0.25) is 0 Å². The average Bonchev–Trinajstić information content (AvgIpc) is 2.89. The van der Waals surface area contributed by atoms with Gasteiger partial charge in [0.1, 0.15) is 4.33 Å². The van der Waals surface area contributed by atoms with Crippen molar-refractivity contribution in [2.24, 2.45) is 5.92 Å². The molecule has 1 heterocycles. The molecule has 0 radical (unpaired) electrons. The monoisotopic (exact) mass is 310 g/mol. The molecule has 1 unspecified atom stereocenters. The van der Waals surface area contributed by atoms with Gasteiger partial charge in [0.25, 0.3) is 0 Å². The van der Waals surface area contributed by atoms with Crippen LogP contribution in [0.1, 0.15) is 13.3 Å². The molecule has 2 N–H and O–H groups in total. The van der Waals surface area contributed by atoms with Crippen molar-refractivity contribution in [3.63, 3.8) is 0 Å². The van der Waals surface area contributed by atoms with E-state index in [0.717, 1.165) is 9.24 Å². The Balaban J connectivity index is 2.35. The van der Waals surface area contributed by atoms with Crippen molar-refractivity contribution in [1.29, 1.82) is 0 Å². The molecular weight excluding hydrogens is 299 g/mol. The molecule has 0 aromatic carbocycles. The molecule has 1 aliphatic rings. The zero-order valence-corrected chi connectivity index (χ0v) is 11.9. The van der Waals surface area contributed by atoms with Gasteiger partial charge in [0, 0.05) is 12.5 Å². The lowest BCUT2D eigenvalue weighted by Gasteiger charge is -2.09. The Morgan fingerprint density at radius 3 is 2.67 bits per heavy atom. The number of alkyl halides is 2. The molecule has 1 aromatic rings. The SMILES string of the molecule is CCSc1nc(=O)n(CC2CC2(Cl)Cl)c(=O)n1N. The molecule has 1 saturated carbocycles. The van der Waals surface area contributed by atoms with Gasteiger partial charge in [-0.15, -0.1) is 23.2 Å². The van der Waals surface area contributed by atoms with Crippen LogP contribution in [0.4, 0.5) is 0 Å². The highest BCUT2D eigenvalue weighted by Crippen LogP contribution is 2.53. The summed E-state index contributed by atoms with van der Waals surface area (Å²) in [4.78, 5) is 27.4. The summed E-state index contributed by atoms with van der Waals surface area (Å²) in [7, 11) is 0.